The van der Waals surface area contributed by atoms with Gasteiger partial charge in [-0.3, -0.25) is 10.1 Å². The highest BCUT2D eigenvalue weighted by Crippen LogP contribution is 2.31. The Hall–Kier alpha value is -2.87. The number of carbonyl (C=O) groups is 2. The first-order valence-electron chi connectivity index (χ1n) is 10.5. The summed E-state index contributed by atoms with van der Waals surface area (Å²) in [5.41, 5.74) is 3.64. The number of rotatable bonds is 7. The van der Waals surface area contributed by atoms with Gasteiger partial charge in [0.05, 0.1) is 35.6 Å². The lowest BCUT2D eigenvalue weighted by atomic mass is 10.0. The zero-order chi connectivity index (χ0) is 21.8. The molecule has 7 nitrogen and oxygen atoms in total. The highest BCUT2D eigenvalue weighted by Gasteiger charge is 2.22. The van der Waals surface area contributed by atoms with Gasteiger partial charge in [0.15, 0.2) is 5.78 Å². The minimum absolute atomic E-state index is 0.132. The highest BCUT2D eigenvalue weighted by atomic mass is 79.9. The normalized spacial score (nSPS) is 14.0. The molecular formula is C23H25BrN4O3. The first-order valence-corrected chi connectivity index (χ1v) is 11.3. The molecule has 0 radical (unpaired) electrons. The van der Waals surface area contributed by atoms with Gasteiger partial charge in [-0.2, -0.15) is 0 Å². The number of hydrogen-bond acceptors (Lipinski definition) is 5. The number of ether oxygens (including phenoxy) is 1. The lowest BCUT2D eigenvalue weighted by molar-refractivity contribution is -0.120. The number of aromatic amines is 1. The number of nitrogens with zero attached hydrogens (tertiary/aromatic N) is 1. The Kier molecular flexibility index (Phi) is 6.56. The Bertz CT molecular complexity index is 1090. The van der Waals surface area contributed by atoms with Crippen LogP contribution in [0.4, 0.5) is 16.2 Å². The van der Waals surface area contributed by atoms with Crippen molar-refractivity contribution in [3.63, 3.8) is 0 Å². The molecule has 162 valence electrons. The van der Waals surface area contributed by atoms with Crippen molar-refractivity contribution in [2.75, 3.05) is 23.8 Å². The molecule has 1 heterocycles. The molecule has 0 saturated heterocycles. The number of H-pyrrole nitrogens is 1. The first kappa shape index (κ1) is 21.4. The van der Waals surface area contributed by atoms with Crippen LogP contribution < -0.4 is 10.6 Å². The van der Waals surface area contributed by atoms with E-state index < -0.39 is 6.09 Å². The molecule has 8 heteroatoms. The van der Waals surface area contributed by atoms with Crippen LogP contribution in [-0.2, 0) is 9.53 Å². The summed E-state index contributed by atoms with van der Waals surface area (Å²) >= 11 is 3.44. The van der Waals surface area contributed by atoms with Crippen LogP contribution >= 0.6 is 15.9 Å². The number of carbonyl (C=O) groups excluding carboxylic acids is 2. The van der Waals surface area contributed by atoms with E-state index in [1.54, 1.807) is 6.92 Å². The van der Waals surface area contributed by atoms with Crippen LogP contribution in [0.5, 0.6) is 0 Å². The predicted molar refractivity (Wildman–Crippen MR) is 125 cm³/mol. The average molecular weight is 485 g/mol. The van der Waals surface area contributed by atoms with Crippen LogP contribution in [0.1, 0.15) is 32.6 Å². The molecule has 0 bridgehead atoms. The van der Waals surface area contributed by atoms with Crippen molar-refractivity contribution in [1.29, 1.82) is 0 Å². The number of amides is 1. The second-order valence-corrected chi connectivity index (χ2v) is 8.57. The van der Waals surface area contributed by atoms with Gasteiger partial charge in [0, 0.05) is 16.0 Å². The first-order chi connectivity index (χ1) is 15.0. The number of hydrogen-bond donors (Lipinski definition) is 3. The van der Waals surface area contributed by atoms with Crippen molar-refractivity contribution < 1.29 is 14.3 Å². The molecule has 3 aromatic rings. The number of imidazole rings is 1. The number of nitrogens with one attached hydrogen (secondary N) is 3. The van der Waals surface area contributed by atoms with Crippen molar-refractivity contribution in [1.82, 2.24) is 9.97 Å². The van der Waals surface area contributed by atoms with Crippen LogP contribution in [-0.4, -0.2) is 35.0 Å². The van der Waals surface area contributed by atoms with Gasteiger partial charge in [-0.05, 0) is 44.0 Å². The number of Topliss-reactive ketones (excluding diaryl/α,β-unsaturated/α-hetero) is 1. The number of halogens is 1. The minimum Gasteiger partial charge on any atom is -0.450 e. The summed E-state index contributed by atoms with van der Waals surface area (Å²) < 4.78 is 6.02. The van der Waals surface area contributed by atoms with Gasteiger partial charge in [-0.1, -0.05) is 40.9 Å². The van der Waals surface area contributed by atoms with Gasteiger partial charge in [-0.15, -0.1) is 0 Å². The van der Waals surface area contributed by atoms with E-state index in [1.807, 2.05) is 36.4 Å². The summed E-state index contributed by atoms with van der Waals surface area (Å²) in [5.74, 6) is 1.06. The fourth-order valence-electron chi connectivity index (χ4n) is 3.90. The van der Waals surface area contributed by atoms with E-state index in [2.05, 4.69) is 31.5 Å². The van der Waals surface area contributed by atoms with Crippen molar-refractivity contribution >= 4 is 50.2 Å². The lowest BCUT2D eigenvalue weighted by Crippen LogP contribution is -2.22. The molecule has 1 aromatic heterocycles. The molecule has 1 aliphatic rings. The molecule has 1 saturated carbocycles. The third-order valence-electron chi connectivity index (χ3n) is 5.51. The standard InChI is InChI=1S/C23H25BrN4O3/c1-2-31-23(30)28-18-12-20-19(26-22(27-20)15-7-9-16(24)10-8-15)11-17(18)25-13-21(29)14-5-3-4-6-14/h7-12,14,25H,2-6,13H2,1H3,(H,26,27)(H,28,30). The largest absolute Gasteiger partial charge is 0.450 e. The molecule has 1 fully saturated rings. The average Bonchev–Trinajstić information content (AvgIpc) is 3.42. The predicted octanol–water partition coefficient (Wildman–Crippen LogP) is 5.73. The van der Waals surface area contributed by atoms with Crippen LogP contribution in [0.25, 0.3) is 22.4 Å². The van der Waals surface area contributed by atoms with Gasteiger partial charge >= 0.3 is 6.09 Å². The fourth-order valence-corrected chi connectivity index (χ4v) is 4.17. The molecule has 4 rings (SSSR count). The van der Waals surface area contributed by atoms with E-state index in [0.29, 0.717) is 11.4 Å². The smallest absolute Gasteiger partial charge is 0.411 e. The van der Waals surface area contributed by atoms with E-state index in [4.69, 9.17) is 9.72 Å². The van der Waals surface area contributed by atoms with E-state index in [0.717, 1.165) is 52.6 Å². The molecule has 3 N–H and O–H groups in total. The monoisotopic (exact) mass is 484 g/mol. The van der Waals surface area contributed by atoms with Crippen molar-refractivity contribution in [2.45, 2.75) is 32.6 Å². The maximum atomic E-state index is 12.5. The summed E-state index contributed by atoms with van der Waals surface area (Å²) in [4.78, 5) is 32.6. The molecule has 1 aliphatic carbocycles. The Balaban J connectivity index is 1.62. The minimum atomic E-state index is -0.542. The third-order valence-corrected chi connectivity index (χ3v) is 6.04. The Morgan fingerprint density at radius 2 is 1.90 bits per heavy atom. The molecule has 0 spiro atoms. The molecule has 0 aliphatic heterocycles. The summed E-state index contributed by atoms with van der Waals surface area (Å²) in [7, 11) is 0. The number of anilines is 2. The summed E-state index contributed by atoms with van der Waals surface area (Å²) in [6.07, 6.45) is 3.61. The zero-order valence-electron chi connectivity index (χ0n) is 17.3. The zero-order valence-corrected chi connectivity index (χ0v) is 18.9. The molecule has 0 atom stereocenters. The second kappa shape index (κ2) is 9.51. The number of aromatic nitrogens is 2. The van der Waals surface area contributed by atoms with Crippen molar-refractivity contribution in [2.24, 2.45) is 5.92 Å². The van der Waals surface area contributed by atoms with Crippen LogP contribution in [0, 0.1) is 5.92 Å². The van der Waals surface area contributed by atoms with Crippen molar-refractivity contribution in [3.8, 4) is 11.4 Å². The number of benzene rings is 2. The van der Waals surface area contributed by atoms with Crippen LogP contribution in [0.2, 0.25) is 0 Å². The number of ketones is 1. The van der Waals surface area contributed by atoms with Gasteiger partial charge in [0.2, 0.25) is 0 Å². The lowest BCUT2D eigenvalue weighted by Gasteiger charge is -2.14. The van der Waals surface area contributed by atoms with Gasteiger partial charge in [0.1, 0.15) is 5.82 Å². The SMILES string of the molecule is CCOC(=O)Nc1cc2[nH]c(-c3ccc(Br)cc3)nc2cc1NCC(=O)C1CCCC1. The van der Waals surface area contributed by atoms with Crippen LogP contribution in [0.15, 0.2) is 40.9 Å². The Morgan fingerprint density at radius 1 is 1.16 bits per heavy atom. The van der Waals surface area contributed by atoms with E-state index in [9.17, 15) is 9.59 Å². The van der Waals surface area contributed by atoms with Crippen LogP contribution in [0.3, 0.4) is 0 Å². The second-order valence-electron chi connectivity index (χ2n) is 7.65. The summed E-state index contributed by atoms with van der Waals surface area (Å²) in [6.45, 7) is 2.24. The maximum Gasteiger partial charge on any atom is 0.411 e. The Morgan fingerprint density at radius 3 is 2.61 bits per heavy atom. The van der Waals surface area contributed by atoms with E-state index >= 15 is 0 Å². The molecule has 31 heavy (non-hydrogen) atoms. The van der Waals surface area contributed by atoms with Crippen molar-refractivity contribution in [3.05, 3.63) is 40.9 Å². The third kappa shape index (κ3) is 5.07. The van der Waals surface area contributed by atoms with E-state index in [-0.39, 0.29) is 24.9 Å². The molecular weight excluding hydrogens is 460 g/mol. The highest BCUT2D eigenvalue weighted by molar-refractivity contribution is 9.10. The molecule has 0 unspecified atom stereocenters. The Labute approximate surface area is 189 Å². The topological polar surface area (TPSA) is 96.1 Å². The quantitative estimate of drug-likeness (QED) is 0.397. The summed E-state index contributed by atoms with van der Waals surface area (Å²) in [6, 6.07) is 11.5. The molecule has 1 amide bonds. The summed E-state index contributed by atoms with van der Waals surface area (Å²) in [5, 5.41) is 5.97. The van der Waals surface area contributed by atoms with Gasteiger partial charge < -0.3 is 15.0 Å². The van der Waals surface area contributed by atoms with Gasteiger partial charge in [0.25, 0.3) is 0 Å². The van der Waals surface area contributed by atoms with E-state index in [1.165, 1.54) is 0 Å². The molecule has 2 aromatic carbocycles. The van der Waals surface area contributed by atoms with Gasteiger partial charge in [-0.25, -0.2) is 9.78 Å². The maximum absolute atomic E-state index is 12.5. The fraction of sp³-hybridized carbons (Fsp3) is 0.348. The number of fused-ring (bicyclic) bond motifs is 1.